The minimum absolute atomic E-state index is 0.591. The second kappa shape index (κ2) is 5.48. The minimum Gasteiger partial charge on any atom is -0.312 e. The number of aromatic nitrogens is 1. The van der Waals surface area contributed by atoms with Crippen LogP contribution in [0.25, 0.3) is 10.6 Å². The molecule has 1 saturated heterocycles. The van der Waals surface area contributed by atoms with Crippen molar-refractivity contribution in [3.63, 3.8) is 0 Å². The molecule has 5 heteroatoms. The van der Waals surface area contributed by atoms with Crippen LogP contribution < -0.4 is 5.32 Å². The van der Waals surface area contributed by atoms with Crippen LogP contribution in [0.4, 0.5) is 0 Å². The second-order valence-electron chi connectivity index (χ2n) is 4.75. The number of piperazine rings is 1. The maximum absolute atomic E-state index is 4.73. The lowest BCUT2D eigenvalue weighted by Gasteiger charge is -2.31. The zero-order chi connectivity index (χ0) is 12.4. The second-order valence-corrected chi connectivity index (χ2v) is 6.38. The van der Waals surface area contributed by atoms with Crippen LogP contribution in [-0.4, -0.2) is 35.6 Å². The highest BCUT2D eigenvalue weighted by Gasteiger charge is 2.16. The maximum Gasteiger partial charge on any atom is 0.124 e. The Morgan fingerprint density at radius 1 is 1.50 bits per heavy atom. The highest BCUT2D eigenvalue weighted by molar-refractivity contribution is 7.14. The monoisotopic (exact) mass is 279 g/mol. The van der Waals surface area contributed by atoms with E-state index < -0.39 is 0 Å². The van der Waals surface area contributed by atoms with Gasteiger partial charge in [0.05, 0.1) is 5.69 Å². The zero-order valence-electron chi connectivity index (χ0n) is 10.4. The molecule has 0 spiro atoms. The lowest BCUT2D eigenvalue weighted by Crippen LogP contribution is -2.48. The molecule has 1 fully saturated rings. The van der Waals surface area contributed by atoms with Crippen molar-refractivity contribution >= 4 is 22.7 Å². The summed E-state index contributed by atoms with van der Waals surface area (Å²) in [7, 11) is 0. The first-order valence-electron chi connectivity index (χ1n) is 6.24. The largest absolute Gasteiger partial charge is 0.312 e. The molecule has 1 aliphatic heterocycles. The van der Waals surface area contributed by atoms with Crippen LogP contribution in [0.1, 0.15) is 12.6 Å². The number of nitrogens with one attached hydrogen (secondary N) is 1. The first-order chi connectivity index (χ1) is 8.81. The van der Waals surface area contributed by atoms with Crippen molar-refractivity contribution in [1.29, 1.82) is 0 Å². The number of hydrogen-bond acceptors (Lipinski definition) is 5. The Hall–Kier alpha value is -0.750. The van der Waals surface area contributed by atoms with E-state index in [4.69, 9.17) is 4.98 Å². The molecule has 2 aromatic rings. The summed E-state index contributed by atoms with van der Waals surface area (Å²) in [5.74, 6) is 0. The molecule has 0 aromatic carbocycles. The summed E-state index contributed by atoms with van der Waals surface area (Å²) in [5.41, 5.74) is 2.46. The Kier molecular flexibility index (Phi) is 3.75. The molecule has 96 valence electrons. The third-order valence-electron chi connectivity index (χ3n) is 3.16. The lowest BCUT2D eigenvalue weighted by atomic mass is 10.2. The fourth-order valence-corrected chi connectivity index (χ4v) is 3.81. The molecule has 18 heavy (non-hydrogen) atoms. The molecule has 1 N–H and O–H groups in total. The van der Waals surface area contributed by atoms with Crippen molar-refractivity contribution in [1.82, 2.24) is 15.2 Å². The van der Waals surface area contributed by atoms with Gasteiger partial charge in [-0.05, 0) is 18.4 Å². The Morgan fingerprint density at radius 2 is 2.44 bits per heavy atom. The molecule has 0 aliphatic carbocycles. The highest BCUT2D eigenvalue weighted by atomic mass is 32.1. The van der Waals surface area contributed by atoms with E-state index in [1.807, 2.05) is 0 Å². The van der Waals surface area contributed by atoms with E-state index in [1.54, 1.807) is 22.7 Å². The van der Waals surface area contributed by atoms with E-state index in [2.05, 4.69) is 39.3 Å². The summed E-state index contributed by atoms with van der Waals surface area (Å²) in [6.45, 7) is 6.54. The first-order valence-corrected chi connectivity index (χ1v) is 8.06. The van der Waals surface area contributed by atoms with Gasteiger partial charge in [-0.25, -0.2) is 4.98 Å². The highest BCUT2D eigenvalue weighted by Crippen LogP contribution is 2.26. The van der Waals surface area contributed by atoms with Crippen molar-refractivity contribution in [3.8, 4) is 10.6 Å². The van der Waals surface area contributed by atoms with Crippen LogP contribution in [0.5, 0.6) is 0 Å². The Balaban J connectivity index is 1.66. The molecule has 1 unspecified atom stereocenters. The quantitative estimate of drug-likeness (QED) is 0.936. The molecule has 3 heterocycles. The van der Waals surface area contributed by atoms with Gasteiger partial charge < -0.3 is 5.32 Å². The van der Waals surface area contributed by atoms with Crippen LogP contribution in [0.3, 0.4) is 0 Å². The van der Waals surface area contributed by atoms with Crippen LogP contribution in [0, 0.1) is 0 Å². The van der Waals surface area contributed by atoms with Crippen molar-refractivity contribution < 1.29 is 0 Å². The lowest BCUT2D eigenvalue weighted by molar-refractivity contribution is 0.198. The number of thiazole rings is 1. The summed E-state index contributed by atoms with van der Waals surface area (Å²) in [6, 6.07) is 2.73. The number of nitrogens with zero attached hydrogens (tertiary/aromatic N) is 2. The maximum atomic E-state index is 4.73. The average Bonchev–Trinajstić information content (AvgIpc) is 2.98. The van der Waals surface area contributed by atoms with E-state index in [0.29, 0.717) is 6.04 Å². The molecule has 0 bridgehead atoms. The summed E-state index contributed by atoms with van der Waals surface area (Å²) in [6.07, 6.45) is 0. The third-order valence-corrected chi connectivity index (χ3v) is 4.78. The molecule has 1 atom stereocenters. The van der Waals surface area contributed by atoms with E-state index >= 15 is 0 Å². The summed E-state index contributed by atoms with van der Waals surface area (Å²) in [5, 5.41) is 11.1. The standard InChI is InChI=1S/C13H17N3S2/c1-10-6-16(4-3-14-10)7-12-9-18-13(15-12)11-2-5-17-8-11/h2,5,8-10,14H,3-4,6-7H2,1H3. The number of thiophene rings is 1. The Labute approximate surface area is 115 Å². The van der Waals surface area contributed by atoms with Crippen molar-refractivity contribution in [2.45, 2.75) is 19.5 Å². The number of rotatable bonds is 3. The van der Waals surface area contributed by atoms with Crippen molar-refractivity contribution in [3.05, 3.63) is 27.9 Å². The van der Waals surface area contributed by atoms with Gasteiger partial charge in [-0.1, -0.05) is 0 Å². The van der Waals surface area contributed by atoms with Crippen molar-refractivity contribution in [2.75, 3.05) is 19.6 Å². The van der Waals surface area contributed by atoms with Gasteiger partial charge in [0.2, 0.25) is 0 Å². The molecule has 3 nitrogen and oxygen atoms in total. The predicted molar refractivity (Wildman–Crippen MR) is 78.2 cm³/mol. The predicted octanol–water partition coefficient (Wildman–Crippen LogP) is 2.67. The molecular formula is C13H17N3S2. The van der Waals surface area contributed by atoms with Gasteiger partial charge in [0, 0.05) is 48.5 Å². The van der Waals surface area contributed by atoms with Gasteiger partial charge in [-0.2, -0.15) is 11.3 Å². The zero-order valence-corrected chi connectivity index (χ0v) is 12.1. The average molecular weight is 279 g/mol. The van der Waals surface area contributed by atoms with Crippen LogP contribution in [0.2, 0.25) is 0 Å². The van der Waals surface area contributed by atoms with Crippen LogP contribution in [0.15, 0.2) is 22.2 Å². The van der Waals surface area contributed by atoms with Gasteiger partial charge in [-0.15, -0.1) is 11.3 Å². The normalized spacial score (nSPS) is 21.3. The Bertz CT molecular complexity index is 492. The number of hydrogen-bond donors (Lipinski definition) is 1. The molecule has 0 radical (unpaired) electrons. The Morgan fingerprint density at radius 3 is 3.22 bits per heavy atom. The molecule has 3 rings (SSSR count). The topological polar surface area (TPSA) is 28.2 Å². The van der Waals surface area contributed by atoms with Crippen LogP contribution in [-0.2, 0) is 6.54 Å². The molecule has 2 aromatic heterocycles. The summed E-state index contributed by atoms with van der Waals surface area (Å²) in [4.78, 5) is 7.21. The third kappa shape index (κ3) is 2.80. The van der Waals surface area contributed by atoms with Gasteiger partial charge in [0.25, 0.3) is 0 Å². The minimum atomic E-state index is 0.591. The van der Waals surface area contributed by atoms with E-state index in [9.17, 15) is 0 Å². The van der Waals surface area contributed by atoms with E-state index in [1.165, 1.54) is 11.3 Å². The molecular weight excluding hydrogens is 262 g/mol. The van der Waals surface area contributed by atoms with E-state index in [0.717, 1.165) is 31.2 Å². The summed E-state index contributed by atoms with van der Waals surface area (Å²) < 4.78 is 0. The summed E-state index contributed by atoms with van der Waals surface area (Å²) >= 11 is 3.48. The van der Waals surface area contributed by atoms with Crippen LogP contribution >= 0.6 is 22.7 Å². The fraction of sp³-hybridized carbons (Fsp3) is 0.462. The van der Waals surface area contributed by atoms with Crippen molar-refractivity contribution in [2.24, 2.45) is 0 Å². The smallest absolute Gasteiger partial charge is 0.124 e. The fourth-order valence-electron chi connectivity index (χ4n) is 2.28. The van der Waals surface area contributed by atoms with Gasteiger partial charge in [0.15, 0.2) is 0 Å². The SMILES string of the molecule is CC1CN(Cc2csc(-c3ccsc3)n2)CCN1. The molecule has 0 saturated carbocycles. The van der Waals surface area contributed by atoms with Gasteiger partial charge in [-0.3, -0.25) is 4.90 Å². The molecule has 0 amide bonds. The van der Waals surface area contributed by atoms with E-state index in [-0.39, 0.29) is 0 Å². The first kappa shape index (κ1) is 12.3. The molecule has 1 aliphatic rings. The van der Waals surface area contributed by atoms with Gasteiger partial charge in [0.1, 0.15) is 5.01 Å². The van der Waals surface area contributed by atoms with Gasteiger partial charge >= 0.3 is 0 Å².